The number of hydrogen-bond acceptors (Lipinski definition) is 5. The van der Waals surface area contributed by atoms with Crippen molar-refractivity contribution in [2.45, 2.75) is 17.1 Å². The van der Waals surface area contributed by atoms with Gasteiger partial charge in [0.1, 0.15) is 16.8 Å². The number of benzene rings is 2. The molecule has 0 fully saturated rings. The van der Waals surface area contributed by atoms with Crippen LogP contribution < -0.4 is 10.1 Å². The van der Waals surface area contributed by atoms with E-state index in [1.807, 2.05) is 13.0 Å². The number of aryl methyl sites for hydroxylation is 1. The monoisotopic (exact) mass is 399 g/mol. The molecular weight excluding hydrogens is 378 g/mol. The highest BCUT2D eigenvalue weighted by Gasteiger charge is 2.31. The van der Waals surface area contributed by atoms with E-state index >= 15 is 0 Å². The van der Waals surface area contributed by atoms with Crippen molar-refractivity contribution in [3.8, 4) is 5.75 Å². The second-order valence-electron chi connectivity index (χ2n) is 6.27. The van der Waals surface area contributed by atoms with Crippen LogP contribution in [0.25, 0.3) is 0 Å². The lowest BCUT2D eigenvalue weighted by Gasteiger charge is -2.17. The number of ether oxygens (including phenoxy) is 1. The number of sulfone groups is 1. The lowest BCUT2D eigenvalue weighted by atomic mass is 10.2. The fraction of sp³-hybridized carbons (Fsp3) is 0.190. The van der Waals surface area contributed by atoms with Gasteiger partial charge in [0.2, 0.25) is 0 Å². The maximum absolute atomic E-state index is 13.1. The Morgan fingerprint density at radius 3 is 2.39 bits per heavy atom. The maximum Gasteiger partial charge on any atom is 0.257 e. The Kier molecular flexibility index (Phi) is 6.16. The topological polar surface area (TPSA) is 85.6 Å². The van der Waals surface area contributed by atoms with Crippen LogP contribution in [0.4, 0.5) is 0 Å². The van der Waals surface area contributed by atoms with Gasteiger partial charge in [0.05, 0.1) is 11.2 Å². The van der Waals surface area contributed by atoms with Gasteiger partial charge in [-0.2, -0.15) is 0 Å². The normalized spacial score (nSPS) is 12.3. The molecule has 0 aliphatic heterocycles. The van der Waals surface area contributed by atoms with Crippen LogP contribution in [0.2, 0.25) is 0 Å². The number of carbonyl (C=O) groups excluding carboxylic acids is 1. The number of amides is 1. The highest BCUT2D eigenvalue weighted by Crippen LogP contribution is 2.29. The minimum absolute atomic E-state index is 0.124. The molecule has 0 spiro atoms. The molecule has 1 aromatic heterocycles. The van der Waals surface area contributed by atoms with E-state index in [0.717, 1.165) is 5.56 Å². The Balaban J connectivity index is 1.71. The van der Waals surface area contributed by atoms with Crippen molar-refractivity contribution in [1.82, 2.24) is 5.32 Å². The van der Waals surface area contributed by atoms with Crippen molar-refractivity contribution in [2.24, 2.45) is 0 Å². The average molecular weight is 399 g/mol. The molecule has 0 aliphatic rings. The predicted octanol–water partition coefficient (Wildman–Crippen LogP) is 3.30. The summed E-state index contributed by atoms with van der Waals surface area (Å²) < 4.78 is 36.9. The number of para-hydroxylation sites is 1. The molecule has 146 valence electrons. The first-order valence-corrected chi connectivity index (χ1v) is 10.3. The minimum atomic E-state index is -3.75. The summed E-state index contributed by atoms with van der Waals surface area (Å²) in [6.07, 6.45) is 1.41. The third kappa shape index (κ3) is 4.80. The highest BCUT2D eigenvalue weighted by molar-refractivity contribution is 7.91. The molecule has 28 heavy (non-hydrogen) atoms. The number of rotatable bonds is 8. The largest absolute Gasteiger partial charge is 0.484 e. The quantitative estimate of drug-likeness (QED) is 0.628. The van der Waals surface area contributed by atoms with Crippen molar-refractivity contribution in [1.29, 1.82) is 0 Å². The van der Waals surface area contributed by atoms with E-state index in [1.165, 1.54) is 6.26 Å². The van der Waals surface area contributed by atoms with E-state index in [2.05, 4.69) is 5.32 Å². The summed E-state index contributed by atoms with van der Waals surface area (Å²) in [6, 6.07) is 18.7. The molecular formula is C21H21NO5S. The van der Waals surface area contributed by atoms with Crippen LogP contribution in [-0.4, -0.2) is 27.5 Å². The van der Waals surface area contributed by atoms with E-state index in [-0.39, 0.29) is 23.8 Å². The van der Waals surface area contributed by atoms with Gasteiger partial charge in [0.25, 0.3) is 5.91 Å². The summed E-state index contributed by atoms with van der Waals surface area (Å²) in [4.78, 5) is 12.3. The van der Waals surface area contributed by atoms with Gasteiger partial charge in [0.15, 0.2) is 16.4 Å². The standard InChI is InChI=1S/C21H21NO5S/c1-16-9-11-18(12-10-16)28(24,25)20(19-8-5-13-26-19)14-22-21(23)15-27-17-6-3-2-4-7-17/h2-13,20H,14-15H2,1H3,(H,22,23)/t20-/m0/s1. The first-order valence-electron chi connectivity index (χ1n) is 8.75. The summed E-state index contributed by atoms with van der Waals surface area (Å²) in [6.45, 7) is 1.55. The Labute approximate surface area is 164 Å². The average Bonchev–Trinajstić information content (AvgIpc) is 3.22. The summed E-state index contributed by atoms with van der Waals surface area (Å²) in [5, 5.41) is 1.59. The molecule has 0 unspecified atom stereocenters. The third-order valence-corrected chi connectivity index (χ3v) is 6.26. The SMILES string of the molecule is Cc1ccc(S(=O)(=O)[C@@H](CNC(=O)COc2ccccc2)c2ccco2)cc1. The molecule has 7 heteroatoms. The van der Waals surface area contributed by atoms with Crippen molar-refractivity contribution in [3.63, 3.8) is 0 Å². The second kappa shape index (κ2) is 8.75. The van der Waals surface area contributed by atoms with Crippen molar-refractivity contribution in [2.75, 3.05) is 13.2 Å². The number of nitrogens with one attached hydrogen (secondary N) is 1. The zero-order valence-corrected chi connectivity index (χ0v) is 16.2. The van der Waals surface area contributed by atoms with Crippen LogP contribution in [0, 0.1) is 6.92 Å². The first kappa shape index (κ1) is 19.7. The number of hydrogen-bond donors (Lipinski definition) is 1. The van der Waals surface area contributed by atoms with Gasteiger partial charge in [-0.3, -0.25) is 4.79 Å². The fourth-order valence-electron chi connectivity index (χ4n) is 2.65. The lowest BCUT2D eigenvalue weighted by Crippen LogP contribution is -2.34. The molecule has 6 nitrogen and oxygen atoms in total. The Hall–Kier alpha value is -3.06. The van der Waals surface area contributed by atoms with Crippen LogP contribution in [0.3, 0.4) is 0 Å². The molecule has 3 aromatic rings. The molecule has 0 bridgehead atoms. The van der Waals surface area contributed by atoms with Gasteiger partial charge in [-0.05, 0) is 43.3 Å². The van der Waals surface area contributed by atoms with E-state index in [9.17, 15) is 13.2 Å². The summed E-state index contributed by atoms with van der Waals surface area (Å²) in [7, 11) is -3.75. The van der Waals surface area contributed by atoms with Crippen LogP contribution in [0.15, 0.2) is 82.3 Å². The van der Waals surface area contributed by atoms with Crippen molar-refractivity contribution in [3.05, 3.63) is 84.3 Å². The zero-order valence-electron chi connectivity index (χ0n) is 15.4. The smallest absolute Gasteiger partial charge is 0.257 e. The Morgan fingerprint density at radius 1 is 1.04 bits per heavy atom. The molecule has 0 saturated carbocycles. The van der Waals surface area contributed by atoms with E-state index in [4.69, 9.17) is 9.15 Å². The molecule has 1 heterocycles. The summed E-state index contributed by atoms with van der Waals surface area (Å²) in [5.41, 5.74) is 0.958. The molecule has 3 rings (SSSR count). The summed E-state index contributed by atoms with van der Waals surface area (Å²) >= 11 is 0. The van der Waals surface area contributed by atoms with Crippen LogP contribution in [0.5, 0.6) is 5.75 Å². The molecule has 1 amide bonds. The van der Waals surface area contributed by atoms with Gasteiger partial charge in [-0.25, -0.2) is 8.42 Å². The van der Waals surface area contributed by atoms with Crippen LogP contribution in [0.1, 0.15) is 16.6 Å². The van der Waals surface area contributed by atoms with Crippen molar-refractivity contribution >= 4 is 15.7 Å². The van der Waals surface area contributed by atoms with Gasteiger partial charge >= 0.3 is 0 Å². The zero-order chi connectivity index (χ0) is 20.0. The van der Waals surface area contributed by atoms with Gasteiger partial charge < -0.3 is 14.5 Å². The van der Waals surface area contributed by atoms with Gasteiger partial charge in [-0.15, -0.1) is 0 Å². The molecule has 0 aliphatic carbocycles. The van der Waals surface area contributed by atoms with Gasteiger partial charge in [-0.1, -0.05) is 35.9 Å². The van der Waals surface area contributed by atoms with Crippen LogP contribution in [-0.2, 0) is 14.6 Å². The minimum Gasteiger partial charge on any atom is -0.484 e. The third-order valence-electron chi connectivity index (χ3n) is 4.18. The second-order valence-corrected chi connectivity index (χ2v) is 8.40. The van der Waals surface area contributed by atoms with E-state index in [0.29, 0.717) is 5.75 Å². The van der Waals surface area contributed by atoms with Gasteiger partial charge in [0, 0.05) is 6.54 Å². The number of furan rings is 1. The summed E-state index contributed by atoms with van der Waals surface area (Å²) in [5.74, 6) is 0.414. The molecule has 2 aromatic carbocycles. The van der Waals surface area contributed by atoms with E-state index in [1.54, 1.807) is 60.7 Å². The lowest BCUT2D eigenvalue weighted by molar-refractivity contribution is -0.123. The highest BCUT2D eigenvalue weighted by atomic mass is 32.2. The molecule has 1 N–H and O–H groups in total. The molecule has 0 saturated heterocycles. The predicted molar refractivity (Wildman–Crippen MR) is 105 cm³/mol. The first-order chi connectivity index (χ1) is 13.5. The fourth-order valence-corrected chi connectivity index (χ4v) is 4.24. The molecule has 0 radical (unpaired) electrons. The Morgan fingerprint density at radius 2 is 1.75 bits per heavy atom. The maximum atomic E-state index is 13.1. The number of carbonyl (C=O) groups is 1. The van der Waals surface area contributed by atoms with Crippen molar-refractivity contribution < 1.29 is 22.4 Å². The van der Waals surface area contributed by atoms with E-state index < -0.39 is 21.0 Å². The Bertz CT molecular complexity index is 997. The molecule has 1 atom stereocenters. The van der Waals surface area contributed by atoms with Crippen LogP contribution >= 0.6 is 0 Å².